The van der Waals surface area contributed by atoms with Crippen molar-refractivity contribution in [1.82, 2.24) is 43.8 Å². The maximum absolute atomic E-state index is 13.2. The molecule has 0 amide bonds. The van der Waals surface area contributed by atoms with Gasteiger partial charge in [0.25, 0.3) is 11.1 Å². The van der Waals surface area contributed by atoms with Gasteiger partial charge in [-0.25, -0.2) is 19.0 Å². The van der Waals surface area contributed by atoms with Gasteiger partial charge in [0.2, 0.25) is 5.95 Å². The lowest BCUT2D eigenvalue weighted by molar-refractivity contribution is 0.147. The predicted molar refractivity (Wildman–Crippen MR) is 146 cm³/mol. The average molecular weight is 519 g/mol. The Balaban J connectivity index is 1.48. The number of anilines is 2. The first-order valence-electron chi connectivity index (χ1n) is 13.0. The van der Waals surface area contributed by atoms with Gasteiger partial charge in [0.15, 0.2) is 11.5 Å². The quantitative estimate of drug-likeness (QED) is 0.354. The van der Waals surface area contributed by atoms with E-state index in [1.807, 2.05) is 24.7 Å². The molecule has 5 rings (SSSR count). The first-order chi connectivity index (χ1) is 18.3. The Morgan fingerprint density at radius 2 is 1.87 bits per heavy atom. The molecule has 0 aliphatic carbocycles. The van der Waals surface area contributed by atoms with Gasteiger partial charge in [-0.15, -0.1) is 11.7 Å². The van der Waals surface area contributed by atoms with Gasteiger partial charge in [-0.05, 0) is 46.6 Å². The van der Waals surface area contributed by atoms with Crippen LogP contribution >= 0.6 is 0 Å². The molecule has 1 saturated heterocycles. The van der Waals surface area contributed by atoms with Crippen LogP contribution < -0.4 is 16.4 Å². The zero-order chi connectivity index (χ0) is 27.0. The summed E-state index contributed by atoms with van der Waals surface area (Å²) in [5.41, 5.74) is 0.656. The van der Waals surface area contributed by atoms with E-state index in [0.717, 1.165) is 31.6 Å². The highest BCUT2D eigenvalue weighted by molar-refractivity contribution is 5.76. The first kappa shape index (κ1) is 25.6. The molecule has 1 fully saturated rings. The number of aromatic nitrogens is 8. The number of piperidine rings is 1. The normalized spacial score (nSPS) is 15.1. The summed E-state index contributed by atoms with van der Waals surface area (Å²) >= 11 is 0. The molecule has 1 N–H and O–H groups in total. The fourth-order valence-electron chi connectivity index (χ4n) is 4.90. The van der Waals surface area contributed by atoms with Gasteiger partial charge in [-0.2, -0.15) is 10.1 Å². The summed E-state index contributed by atoms with van der Waals surface area (Å²) in [5.74, 6) is 0.728. The van der Waals surface area contributed by atoms with Crippen LogP contribution in [0.25, 0.3) is 16.9 Å². The van der Waals surface area contributed by atoms with E-state index in [2.05, 4.69) is 50.8 Å². The van der Waals surface area contributed by atoms with Crippen LogP contribution in [0.2, 0.25) is 0 Å². The molecule has 0 radical (unpaired) electrons. The van der Waals surface area contributed by atoms with E-state index in [4.69, 9.17) is 0 Å². The molecule has 0 atom stereocenters. The topological polar surface area (TPSA) is 121 Å². The molecule has 0 bridgehead atoms. The summed E-state index contributed by atoms with van der Waals surface area (Å²) in [7, 11) is 0. The molecule has 0 saturated carbocycles. The monoisotopic (exact) mass is 518 g/mol. The van der Waals surface area contributed by atoms with Crippen molar-refractivity contribution in [2.45, 2.75) is 65.2 Å². The molecule has 200 valence electrons. The molecule has 1 aliphatic heterocycles. The third kappa shape index (κ3) is 4.78. The molecule has 0 spiro atoms. The van der Waals surface area contributed by atoms with E-state index in [1.165, 1.54) is 21.6 Å². The van der Waals surface area contributed by atoms with Crippen LogP contribution in [0, 0.1) is 0 Å². The first-order valence-corrected chi connectivity index (χ1v) is 13.0. The van der Waals surface area contributed by atoms with Crippen molar-refractivity contribution < 1.29 is 0 Å². The number of likely N-dealkylation sites (tertiary alicyclic amines) is 1. The van der Waals surface area contributed by atoms with Crippen molar-refractivity contribution in [2.24, 2.45) is 0 Å². The van der Waals surface area contributed by atoms with E-state index in [9.17, 15) is 9.59 Å². The van der Waals surface area contributed by atoms with Crippen LogP contribution in [0.1, 0.15) is 52.6 Å². The van der Waals surface area contributed by atoms with Gasteiger partial charge in [-0.1, -0.05) is 6.08 Å². The number of fused-ring (bicyclic) bond motifs is 1. The standard InChI is InChI=1S/C26H34N10O2/c1-6-11-34-25(38)21-15-27-26(30-24(21)36(34)22-7-8-23(37)35(31-22)18(4)5)29-19-14-28-33(16-19)20-9-12-32(13-10-20)17(2)3/h6-8,14-18,20H,1,9-13H2,2-5H3,(H,27,29,30). The van der Waals surface area contributed by atoms with Gasteiger partial charge in [0.1, 0.15) is 5.39 Å². The van der Waals surface area contributed by atoms with Gasteiger partial charge in [0.05, 0.1) is 30.5 Å². The van der Waals surface area contributed by atoms with Crippen molar-refractivity contribution in [3.8, 4) is 5.82 Å². The van der Waals surface area contributed by atoms with Crippen molar-refractivity contribution in [2.75, 3.05) is 18.4 Å². The van der Waals surface area contributed by atoms with E-state index in [1.54, 1.807) is 23.0 Å². The third-order valence-electron chi connectivity index (χ3n) is 6.96. The molecular weight excluding hydrogens is 484 g/mol. The Bertz CT molecular complexity index is 1570. The van der Waals surface area contributed by atoms with Crippen LogP contribution in [0.4, 0.5) is 11.6 Å². The average Bonchev–Trinajstić information content (AvgIpc) is 3.47. The summed E-state index contributed by atoms with van der Waals surface area (Å²) in [6.07, 6.45) is 8.97. The maximum atomic E-state index is 13.2. The van der Waals surface area contributed by atoms with Crippen molar-refractivity contribution in [3.05, 3.63) is 64.1 Å². The molecule has 12 nitrogen and oxygen atoms in total. The Labute approximate surface area is 220 Å². The van der Waals surface area contributed by atoms with E-state index < -0.39 is 0 Å². The van der Waals surface area contributed by atoms with E-state index in [-0.39, 0.29) is 23.7 Å². The molecule has 1 aliphatic rings. The fraction of sp³-hybridized carbons (Fsp3) is 0.462. The summed E-state index contributed by atoms with van der Waals surface area (Å²) in [6, 6.07) is 3.79. The summed E-state index contributed by atoms with van der Waals surface area (Å²) in [6.45, 7) is 14.3. The second kappa shape index (κ2) is 10.4. The summed E-state index contributed by atoms with van der Waals surface area (Å²) < 4.78 is 6.48. The van der Waals surface area contributed by atoms with Crippen molar-refractivity contribution in [3.63, 3.8) is 0 Å². The van der Waals surface area contributed by atoms with Crippen LogP contribution in [0.15, 0.2) is 53.0 Å². The maximum Gasteiger partial charge on any atom is 0.278 e. The molecule has 0 aromatic carbocycles. The minimum Gasteiger partial charge on any atom is -0.321 e. The lowest BCUT2D eigenvalue weighted by Crippen LogP contribution is -2.39. The highest BCUT2D eigenvalue weighted by Gasteiger charge is 2.23. The number of nitrogens with zero attached hydrogens (tertiary/aromatic N) is 9. The highest BCUT2D eigenvalue weighted by Crippen LogP contribution is 2.25. The second-order valence-electron chi connectivity index (χ2n) is 10.2. The third-order valence-corrected chi connectivity index (χ3v) is 6.96. The smallest absolute Gasteiger partial charge is 0.278 e. The lowest BCUT2D eigenvalue weighted by atomic mass is 10.0. The van der Waals surface area contributed by atoms with Crippen LogP contribution in [-0.4, -0.2) is 62.9 Å². The molecular formula is C26H34N10O2. The zero-order valence-electron chi connectivity index (χ0n) is 22.3. The Kier molecular flexibility index (Phi) is 6.98. The molecule has 4 aromatic rings. The number of nitrogens with one attached hydrogen (secondary N) is 1. The Hall–Kier alpha value is -4.06. The van der Waals surface area contributed by atoms with Crippen molar-refractivity contribution in [1.29, 1.82) is 0 Å². The number of hydrogen-bond acceptors (Lipinski definition) is 8. The van der Waals surface area contributed by atoms with Gasteiger partial charge < -0.3 is 10.2 Å². The molecule has 4 aromatic heterocycles. The molecule has 5 heterocycles. The SMILES string of the molecule is C=CCn1c(=O)c2cnc(Nc3cnn(C4CCN(C(C)C)CC4)c3)nc2n1-c1ccc(=O)n(C(C)C)n1. The van der Waals surface area contributed by atoms with E-state index in [0.29, 0.717) is 34.9 Å². The number of hydrogen-bond donors (Lipinski definition) is 1. The lowest BCUT2D eigenvalue weighted by Gasteiger charge is -2.34. The predicted octanol–water partition coefficient (Wildman–Crippen LogP) is 2.89. The zero-order valence-corrected chi connectivity index (χ0v) is 22.3. The highest BCUT2D eigenvalue weighted by atomic mass is 16.1. The number of allylic oxidation sites excluding steroid dienone is 1. The minimum atomic E-state index is -0.267. The number of rotatable bonds is 8. The van der Waals surface area contributed by atoms with Crippen LogP contribution in [0.3, 0.4) is 0 Å². The molecule has 0 unspecified atom stereocenters. The fourth-order valence-corrected chi connectivity index (χ4v) is 4.90. The van der Waals surface area contributed by atoms with E-state index >= 15 is 0 Å². The van der Waals surface area contributed by atoms with Gasteiger partial charge in [-0.3, -0.25) is 14.3 Å². The van der Waals surface area contributed by atoms with Gasteiger partial charge >= 0.3 is 0 Å². The van der Waals surface area contributed by atoms with Crippen LogP contribution in [-0.2, 0) is 6.54 Å². The Morgan fingerprint density at radius 3 is 2.55 bits per heavy atom. The molecule has 12 heteroatoms. The van der Waals surface area contributed by atoms with Gasteiger partial charge in [0, 0.05) is 37.6 Å². The summed E-state index contributed by atoms with van der Waals surface area (Å²) in [5, 5.41) is 12.7. The largest absolute Gasteiger partial charge is 0.321 e. The minimum absolute atomic E-state index is 0.148. The van der Waals surface area contributed by atoms with Crippen LogP contribution in [0.5, 0.6) is 0 Å². The Morgan fingerprint density at radius 1 is 1.11 bits per heavy atom. The molecule has 38 heavy (non-hydrogen) atoms. The summed E-state index contributed by atoms with van der Waals surface area (Å²) in [4.78, 5) is 37.0. The van der Waals surface area contributed by atoms with Crippen molar-refractivity contribution >= 4 is 22.7 Å². The second-order valence-corrected chi connectivity index (χ2v) is 10.2.